The summed E-state index contributed by atoms with van der Waals surface area (Å²) in [7, 11) is 1.93. The summed E-state index contributed by atoms with van der Waals surface area (Å²) in [5, 5.41) is 3.12. The second kappa shape index (κ2) is 10.5. The molecule has 1 aliphatic heterocycles. The molecule has 0 aliphatic carbocycles. The van der Waals surface area contributed by atoms with Crippen LogP contribution < -0.4 is 10.1 Å². The third kappa shape index (κ3) is 4.93. The first-order chi connectivity index (χ1) is 20.1. The fourth-order valence-electron chi connectivity index (χ4n) is 5.54. The van der Waals surface area contributed by atoms with Crippen LogP contribution in [0.3, 0.4) is 0 Å². The zero-order valence-corrected chi connectivity index (χ0v) is 24.1. The van der Waals surface area contributed by atoms with E-state index in [4.69, 9.17) is 9.72 Å². The van der Waals surface area contributed by atoms with Gasteiger partial charge in [-0.1, -0.05) is 6.58 Å². The van der Waals surface area contributed by atoms with Gasteiger partial charge >= 0.3 is 0 Å². The number of carbonyl (C=O) groups is 1. The van der Waals surface area contributed by atoms with Crippen LogP contribution in [0.25, 0.3) is 22.1 Å². The Balaban J connectivity index is 1.27. The lowest BCUT2D eigenvalue weighted by molar-refractivity contribution is -0.133. The molecule has 0 bridgehead atoms. The number of halogens is 1. The molecule has 42 heavy (non-hydrogen) atoms. The van der Waals surface area contributed by atoms with Crippen LogP contribution in [-0.2, 0) is 11.8 Å². The summed E-state index contributed by atoms with van der Waals surface area (Å²) in [5.74, 6) is 0.862. The Morgan fingerprint density at radius 1 is 1.14 bits per heavy atom. The van der Waals surface area contributed by atoms with E-state index in [0.717, 1.165) is 29.6 Å². The predicted molar refractivity (Wildman–Crippen MR) is 161 cm³/mol. The summed E-state index contributed by atoms with van der Waals surface area (Å²) in [6, 6.07) is 12.8. The zero-order chi connectivity index (χ0) is 29.6. The molecule has 9 nitrogen and oxygen atoms in total. The molecular formula is C32H32FN7O2. The molecule has 1 N–H and O–H groups in total. The Morgan fingerprint density at radius 2 is 1.98 bits per heavy atom. The molecule has 1 unspecified atom stereocenters. The summed E-state index contributed by atoms with van der Waals surface area (Å²) >= 11 is 0. The number of rotatable bonds is 6. The molecule has 1 saturated heterocycles. The monoisotopic (exact) mass is 565 g/mol. The first kappa shape index (κ1) is 27.3. The van der Waals surface area contributed by atoms with Gasteiger partial charge in [0.15, 0.2) is 11.6 Å². The molecule has 214 valence electrons. The lowest BCUT2D eigenvalue weighted by atomic mass is 9.83. The molecule has 1 amide bonds. The van der Waals surface area contributed by atoms with E-state index in [-0.39, 0.29) is 23.1 Å². The maximum atomic E-state index is 15.6. The van der Waals surface area contributed by atoms with E-state index in [9.17, 15) is 4.79 Å². The van der Waals surface area contributed by atoms with E-state index < -0.39 is 5.82 Å². The van der Waals surface area contributed by atoms with Crippen LogP contribution >= 0.6 is 0 Å². The number of likely N-dealkylation sites (tertiary alicyclic amines) is 1. The van der Waals surface area contributed by atoms with Gasteiger partial charge in [0.05, 0.1) is 28.6 Å². The molecule has 0 radical (unpaired) electrons. The number of hydrogen-bond donors (Lipinski definition) is 1. The molecule has 5 aromatic rings. The summed E-state index contributed by atoms with van der Waals surface area (Å²) in [6.07, 6.45) is 6.24. The van der Waals surface area contributed by atoms with Gasteiger partial charge in [0, 0.05) is 42.4 Å². The molecule has 1 aliphatic rings. The van der Waals surface area contributed by atoms with E-state index in [1.54, 1.807) is 25.4 Å². The van der Waals surface area contributed by atoms with Gasteiger partial charge in [-0.05, 0) is 76.1 Å². The number of piperidine rings is 1. The van der Waals surface area contributed by atoms with Crippen molar-refractivity contribution >= 4 is 39.5 Å². The number of ether oxygens (including phenoxy) is 1. The summed E-state index contributed by atoms with van der Waals surface area (Å²) in [5.41, 5.74) is 4.11. The van der Waals surface area contributed by atoms with E-state index >= 15 is 4.39 Å². The van der Waals surface area contributed by atoms with E-state index in [1.165, 1.54) is 12.4 Å². The van der Waals surface area contributed by atoms with Crippen LogP contribution in [0.5, 0.6) is 11.5 Å². The number of imidazole rings is 1. The molecule has 3 aromatic heterocycles. The van der Waals surface area contributed by atoms with Crippen molar-refractivity contribution in [3.05, 3.63) is 84.8 Å². The van der Waals surface area contributed by atoms with E-state index in [1.807, 2.05) is 46.8 Å². The van der Waals surface area contributed by atoms with Crippen molar-refractivity contribution in [3.63, 3.8) is 0 Å². The van der Waals surface area contributed by atoms with Crippen molar-refractivity contribution in [2.45, 2.75) is 45.1 Å². The third-order valence-electron chi connectivity index (χ3n) is 8.12. The van der Waals surface area contributed by atoms with Crippen molar-refractivity contribution in [1.29, 1.82) is 0 Å². The van der Waals surface area contributed by atoms with Gasteiger partial charge in [-0.3, -0.25) is 4.79 Å². The average molecular weight is 566 g/mol. The van der Waals surface area contributed by atoms with E-state index in [0.29, 0.717) is 40.5 Å². The van der Waals surface area contributed by atoms with Crippen molar-refractivity contribution in [1.82, 2.24) is 29.4 Å². The Morgan fingerprint density at radius 3 is 2.79 bits per heavy atom. The largest absolute Gasteiger partial charge is 0.457 e. The SMILES string of the molecule is C=CC(=O)N1CC(c2ccc3ncnc(Nc4ccc(Oc5ccc6c(c5)ncn6C)c(C)c4F)c3n2)CCC1(C)C. The summed E-state index contributed by atoms with van der Waals surface area (Å²) in [6.45, 7) is 10.0. The highest BCUT2D eigenvalue weighted by molar-refractivity contribution is 5.88. The quantitative estimate of drug-likeness (QED) is 0.233. The molecule has 1 atom stereocenters. The average Bonchev–Trinajstić information content (AvgIpc) is 3.36. The smallest absolute Gasteiger partial charge is 0.246 e. The topological polar surface area (TPSA) is 98.1 Å². The van der Waals surface area contributed by atoms with Crippen LogP contribution in [0.2, 0.25) is 0 Å². The van der Waals surface area contributed by atoms with Gasteiger partial charge < -0.3 is 19.5 Å². The van der Waals surface area contributed by atoms with Crippen LogP contribution in [0.1, 0.15) is 43.9 Å². The highest BCUT2D eigenvalue weighted by Gasteiger charge is 2.37. The van der Waals surface area contributed by atoms with Crippen LogP contribution in [0, 0.1) is 12.7 Å². The van der Waals surface area contributed by atoms with Crippen LogP contribution in [-0.4, -0.2) is 47.4 Å². The normalized spacial score (nSPS) is 16.5. The minimum atomic E-state index is -0.456. The fourth-order valence-corrected chi connectivity index (χ4v) is 5.54. The Bertz CT molecular complexity index is 1850. The lowest BCUT2D eigenvalue weighted by Gasteiger charge is -2.45. The molecular weight excluding hydrogens is 533 g/mol. The molecule has 6 rings (SSSR count). The Hall–Kier alpha value is -4.86. The van der Waals surface area contributed by atoms with Crippen LogP contribution in [0.4, 0.5) is 15.9 Å². The van der Waals surface area contributed by atoms with Gasteiger partial charge in [0.1, 0.15) is 23.3 Å². The maximum Gasteiger partial charge on any atom is 0.246 e. The highest BCUT2D eigenvalue weighted by atomic mass is 19.1. The number of nitrogens with zero attached hydrogens (tertiary/aromatic N) is 6. The van der Waals surface area contributed by atoms with Gasteiger partial charge in [-0.15, -0.1) is 0 Å². The van der Waals surface area contributed by atoms with Crippen molar-refractivity contribution < 1.29 is 13.9 Å². The summed E-state index contributed by atoms with van der Waals surface area (Å²) in [4.78, 5) is 32.5. The molecule has 4 heterocycles. The van der Waals surface area contributed by atoms with Gasteiger partial charge in [0.2, 0.25) is 5.91 Å². The first-order valence-electron chi connectivity index (χ1n) is 13.9. The second-order valence-electron chi connectivity index (χ2n) is 11.3. The number of aromatic nitrogens is 5. The van der Waals surface area contributed by atoms with Crippen molar-refractivity contribution in [2.24, 2.45) is 7.05 Å². The number of nitrogens with one attached hydrogen (secondary N) is 1. The number of fused-ring (bicyclic) bond motifs is 2. The van der Waals surface area contributed by atoms with Crippen molar-refractivity contribution in [2.75, 3.05) is 11.9 Å². The Labute approximate surface area is 243 Å². The van der Waals surface area contributed by atoms with Crippen molar-refractivity contribution in [3.8, 4) is 11.5 Å². The highest BCUT2D eigenvalue weighted by Crippen LogP contribution is 2.37. The predicted octanol–water partition coefficient (Wildman–Crippen LogP) is 6.57. The lowest BCUT2D eigenvalue weighted by Crippen LogP contribution is -2.52. The molecule has 10 heteroatoms. The number of amides is 1. The van der Waals surface area contributed by atoms with Gasteiger partial charge in [-0.2, -0.15) is 0 Å². The third-order valence-corrected chi connectivity index (χ3v) is 8.12. The van der Waals surface area contributed by atoms with E-state index in [2.05, 4.69) is 40.7 Å². The molecule has 1 fully saturated rings. The number of benzene rings is 2. The molecule has 2 aromatic carbocycles. The van der Waals surface area contributed by atoms with Crippen LogP contribution in [0.15, 0.2) is 67.8 Å². The Kier molecular flexibility index (Phi) is 6.84. The number of anilines is 2. The standard InChI is InChI=1S/C32H32FN7O2/c1-6-28(41)40-16-20(13-14-32(40,3)4)22-8-9-24-30(37-22)31(35-17-34-24)38-23-10-12-27(19(2)29(23)33)42-21-7-11-26-25(15-21)36-18-39(26)5/h6-12,15,17-18,20H,1,13-14,16H2,2-5H3,(H,34,35,38). The molecule has 0 saturated carbocycles. The minimum Gasteiger partial charge on any atom is -0.457 e. The number of hydrogen-bond acceptors (Lipinski definition) is 7. The van der Waals surface area contributed by atoms with Gasteiger partial charge in [0.25, 0.3) is 0 Å². The van der Waals surface area contributed by atoms with Gasteiger partial charge in [-0.25, -0.2) is 24.3 Å². The first-order valence-corrected chi connectivity index (χ1v) is 13.9. The number of aryl methyl sites for hydroxylation is 1. The maximum absolute atomic E-state index is 15.6. The minimum absolute atomic E-state index is 0.0418. The summed E-state index contributed by atoms with van der Waals surface area (Å²) < 4.78 is 23.6. The second-order valence-corrected chi connectivity index (χ2v) is 11.3. The number of pyridine rings is 1. The zero-order valence-electron chi connectivity index (χ0n) is 24.1. The number of carbonyl (C=O) groups excluding carboxylic acids is 1. The molecule has 0 spiro atoms. The fraction of sp³-hybridized carbons (Fsp3) is 0.281.